The Hall–Kier alpha value is -0.380. The zero-order valence-corrected chi connectivity index (χ0v) is 12.4. The lowest BCUT2D eigenvalue weighted by Crippen LogP contribution is -2.45. The van der Waals surface area contributed by atoms with E-state index in [9.17, 15) is 4.21 Å². The minimum absolute atomic E-state index is 0.0366. The summed E-state index contributed by atoms with van der Waals surface area (Å²) >= 11 is 5.85. The lowest BCUT2D eigenvalue weighted by molar-refractivity contribution is 0.230. The van der Waals surface area contributed by atoms with Gasteiger partial charge in [0.15, 0.2) is 0 Å². The molecule has 1 aliphatic carbocycles. The molecule has 1 fully saturated rings. The Bertz CT molecular complexity index is 444. The fraction of sp³-hybridized carbons (Fsp3) is 0.571. The van der Waals surface area contributed by atoms with Gasteiger partial charge >= 0.3 is 0 Å². The predicted octanol–water partition coefficient (Wildman–Crippen LogP) is 3.35. The summed E-state index contributed by atoms with van der Waals surface area (Å²) in [6, 6.07) is 7.29. The van der Waals surface area contributed by atoms with Crippen molar-refractivity contribution in [3.63, 3.8) is 0 Å². The highest BCUT2D eigenvalue weighted by Crippen LogP contribution is 2.38. The van der Waals surface area contributed by atoms with Crippen molar-refractivity contribution in [1.82, 2.24) is 0 Å². The molecule has 0 heterocycles. The van der Waals surface area contributed by atoms with Crippen LogP contribution in [0.25, 0.3) is 0 Å². The number of hydrogen-bond acceptors (Lipinski definition) is 2. The van der Waals surface area contributed by atoms with Gasteiger partial charge in [-0.3, -0.25) is 4.21 Å². The third-order valence-electron chi connectivity index (χ3n) is 3.71. The van der Waals surface area contributed by atoms with Crippen LogP contribution in [-0.2, 0) is 10.8 Å². The van der Waals surface area contributed by atoms with E-state index in [0.717, 1.165) is 24.2 Å². The van der Waals surface area contributed by atoms with Crippen LogP contribution in [0, 0.1) is 5.41 Å². The molecule has 0 saturated heterocycles. The standard InChI is InChI=1S/C14H20ClNOS/c1-14(2)8-7-12(16)13(9-14)18(17)11-5-3-10(15)4-6-11/h3-6,12-13H,7-9,16H2,1-2H3. The van der Waals surface area contributed by atoms with Gasteiger partial charge in [-0.15, -0.1) is 0 Å². The molecule has 0 radical (unpaired) electrons. The molecule has 2 N–H and O–H groups in total. The van der Waals surface area contributed by atoms with Gasteiger partial charge < -0.3 is 5.73 Å². The second-order valence-corrected chi connectivity index (χ2v) is 7.97. The van der Waals surface area contributed by atoms with Gasteiger partial charge in [-0.2, -0.15) is 0 Å². The summed E-state index contributed by atoms with van der Waals surface area (Å²) in [7, 11) is -1.04. The molecule has 100 valence electrons. The lowest BCUT2D eigenvalue weighted by Gasteiger charge is -2.38. The largest absolute Gasteiger partial charge is 0.327 e. The first kappa shape index (κ1) is 14.0. The van der Waals surface area contributed by atoms with Gasteiger partial charge in [0.1, 0.15) is 0 Å². The fourth-order valence-corrected chi connectivity index (χ4v) is 4.46. The predicted molar refractivity (Wildman–Crippen MR) is 77.3 cm³/mol. The molecule has 1 saturated carbocycles. The number of benzene rings is 1. The van der Waals surface area contributed by atoms with Gasteiger partial charge in [0.2, 0.25) is 0 Å². The molecule has 2 rings (SSSR count). The number of rotatable bonds is 2. The number of nitrogens with two attached hydrogens (primary N) is 1. The Labute approximate surface area is 116 Å². The van der Waals surface area contributed by atoms with Crippen LogP contribution in [0.15, 0.2) is 29.2 Å². The van der Waals surface area contributed by atoms with E-state index in [4.69, 9.17) is 17.3 Å². The van der Waals surface area contributed by atoms with Crippen molar-refractivity contribution in [3.05, 3.63) is 29.3 Å². The summed E-state index contributed by atoms with van der Waals surface area (Å²) in [5.74, 6) is 0. The van der Waals surface area contributed by atoms with Gasteiger partial charge in [-0.25, -0.2) is 0 Å². The van der Waals surface area contributed by atoms with Gasteiger partial charge in [0.05, 0.1) is 16.0 Å². The molecule has 1 aromatic carbocycles. The summed E-state index contributed by atoms with van der Waals surface area (Å²) in [6.45, 7) is 4.45. The van der Waals surface area contributed by atoms with Gasteiger partial charge in [-0.05, 0) is 48.9 Å². The third-order valence-corrected chi connectivity index (χ3v) is 5.76. The summed E-state index contributed by atoms with van der Waals surface area (Å²) in [5, 5.41) is 0.721. The molecule has 0 bridgehead atoms. The first-order valence-corrected chi connectivity index (χ1v) is 7.90. The summed E-state index contributed by atoms with van der Waals surface area (Å²) in [6.07, 6.45) is 2.99. The average Bonchev–Trinajstić information content (AvgIpc) is 2.32. The first-order chi connectivity index (χ1) is 8.39. The van der Waals surface area contributed by atoms with Crippen LogP contribution in [0.1, 0.15) is 33.1 Å². The van der Waals surface area contributed by atoms with Gasteiger partial charge in [0.25, 0.3) is 0 Å². The van der Waals surface area contributed by atoms with Crippen LogP contribution in [0.2, 0.25) is 5.02 Å². The Balaban J connectivity index is 2.19. The van der Waals surface area contributed by atoms with E-state index in [2.05, 4.69) is 13.8 Å². The van der Waals surface area contributed by atoms with E-state index in [1.165, 1.54) is 0 Å². The molecular weight excluding hydrogens is 266 g/mol. The zero-order chi connectivity index (χ0) is 13.3. The summed E-state index contributed by atoms with van der Waals surface area (Å²) in [5.41, 5.74) is 6.39. The van der Waals surface area contributed by atoms with Crippen LogP contribution in [0.3, 0.4) is 0 Å². The van der Waals surface area contributed by atoms with Crippen molar-refractivity contribution in [2.45, 2.75) is 49.3 Å². The fourth-order valence-electron chi connectivity index (χ4n) is 2.52. The quantitative estimate of drug-likeness (QED) is 0.905. The van der Waals surface area contributed by atoms with Crippen LogP contribution in [-0.4, -0.2) is 15.5 Å². The van der Waals surface area contributed by atoms with Gasteiger partial charge in [-0.1, -0.05) is 25.4 Å². The Morgan fingerprint density at radius 3 is 2.56 bits per heavy atom. The molecule has 0 aliphatic heterocycles. The van der Waals surface area contributed by atoms with E-state index >= 15 is 0 Å². The van der Waals surface area contributed by atoms with Crippen molar-refractivity contribution < 1.29 is 4.21 Å². The second-order valence-electron chi connectivity index (χ2n) is 5.86. The molecule has 18 heavy (non-hydrogen) atoms. The van der Waals surface area contributed by atoms with Crippen molar-refractivity contribution in [2.75, 3.05) is 0 Å². The molecular formula is C14H20ClNOS. The molecule has 1 aliphatic rings. The van der Waals surface area contributed by atoms with Crippen LogP contribution < -0.4 is 5.73 Å². The van der Waals surface area contributed by atoms with Crippen molar-refractivity contribution in [3.8, 4) is 0 Å². The minimum atomic E-state index is -1.04. The smallest absolute Gasteiger partial charge is 0.0576 e. The summed E-state index contributed by atoms with van der Waals surface area (Å²) < 4.78 is 12.6. The third kappa shape index (κ3) is 3.14. The van der Waals surface area contributed by atoms with Crippen LogP contribution in [0.5, 0.6) is 0 Å². The second kappa shape index (κ2) is 5.32. The topological polar surface area (TPSA) is 43.1 Å². The molecule has 0 aromatic heterocycles. The highest BCUT2D eigenvalue weighted by Gasteiger charge is 2.36. The maximum absolute atomic E-state index is 12.6. The average molecular weight is 286 g/mol. The van der Waals surface area contributed by atoms with E-state index in [1.807, 2.05) is 12.1 Å². The molecule has 0 amide bonds. The molecule has 4 heteroatoms. The van der Waals surface area contributed by atoms with Crippen LogP contribution in [0.4, 0.5) is 0 Å². The Morgan fingerprint density at radius 2 is 1.94 bits per heavy atom. The molecule has 3 atom stereocenters. The zero-order valence-electron chi connectivity index (χ0n) is 10.9. The van der Waals surface area contributed by atoms with Crippen molar-refractivity contribution >= 4 is 22.4 Å². The van der Waals surface area contributed by atoms with Crippen LogP contribution >= 0.6 is 11.6 Å². The highest BCUT2D eigenvalue weighted by atomic mass is 35.5. The number of hydrogen-bond donors (Lipinski definition) is 1. The van der Waals surface area contributed by atoms with E-state index < -0.39 is 10.8 Å². The maximum Gasteiger partial charge on any atom is 0.0576 e. The van der Waals surface area contributed by atoms with Gasteiger partial charge in [0, 0.05) is 16.0 Å². The first-order valence-electron chi connectivity index (χ1n) is 6.31. The molecule has 3 unspecified atom stereocenters. The molecule has 2 nitrogen and oxygen atoms in total. The SMILES string of the molecule is CC1(C)CCC(N)C(S(=O)c2ccc(Cl)cc2)C1. The Kier molecular flexibility index (Phi) is 4.15. The molecule has 1 aromatic rings. The van der Waals surface area contributed by atoms with E-state index in [0.29, 0.717) is 5.02 Å². The highest BCUT2D eigenvalue weighted by molar-refractivity contribution is 7.85. The minimum Gasteiger partial charge on any atom is -0.327 e. The van der Waals surface area contributed by atoms with Crippen molar-refractivity contribution in [1.29, 1.82) is 0 Å². The van der Waals surface area contributed by atoms with E-state index in [-0.39, 0.29) is 16.7 Å². The normalized spacial score (nSPS) is 28.9. The van der Waals surface area contributed by atoms with E-state index in [1.54, 1.807) is 12.1 Å². The monoisotopic (exact) mass is 285 g/mol. The lowest BCUT2D eigenvalue weighted by atomic mass is 9.75. The summed E-state index contributed by atoms with van der Waals surface area (Å²) in [4.78, 5) is 0.831. The van der Waals surface area contributed by atoms with Crippen molar-refractivity contribution in [2.24, 2.45) is 11.1 Å². The Morgan fingerprint density at radius 1 is 1.33 bits per heavy atom. The molecule has 0 spiro atoms. The maximum atomic E-state index is 12.6. The number of halogens is 1.